The second-order valence-corrected chi connectivity index (χ2v) is 5.44. The van der Waals surface area contributed by atoms with Crippen LogP contribution in [0.4, 0.5) is 0 Å². The van der Waals surface area contributed by atoms with Gasteiger partial charge in [0.25, 0.3) is 0 Å². The summed E-state index contributed by atoms with van der Waals surface area (Å²) in [5, 5.41) is 3.45. The first-order chi connectivity index (χ1) is 9.72. The molecule has 20 heavy (non-hydrogen) atoms. The first-order valence-electron chi connectivity index (χ1n) is 7.20. The van der Waals surface area contributed by atoms with Gasteiger partial charge < -0.3 is 10.1 Å². The summed E-state index contributed by atoms with van der Waals surface area (Å²) in [6.45, 7) is 5.16. The van der Waals surface area contributed by atoms with Gasteiger partial charge in [0.2, 0.25) is 0 Å². The Hall–Kier alpha value is -1.80. The molecule has 2 aromatic carbocycles. The Balaban J connectivity index is 2.11. The Morgan fingerprint density at radius 1 is 1.05 bits per heavy atom. The van der Waals surface area contributed by atoms with E-state index in [0.717, 1.165) is 18.8 Å². The van der Waals surface area contributed by atoms with E-state index in [4.69, 9.17) is 4.74 Å². The minimum Gasteiger partial charge on any atom is -0.493 e. The summed E-state index contributed by atoms with van der Waals surface area (Å²) in [6.07, 6.45) is 1.02. The third-order valence-electron chi connectivity index (χ3n) is 4.30. The van der Waals surface area contributed by atoms with Crippen molar-refractivity contribution < 1.29 is 4.74 Å². The summed E-state index contributed by atoms with van der Waals surface area (Å²) in [5.74, 6) is 1.08. The van der Waals surface area contributed by atoms with Crippen LogP contribution in [0.2, 0.25) is 0 Å². The Morgan fingerprint density at radius 3 is 2.60 bits per heavy atom. The van der Waals surface area contributed by atoms with E-state index >= 15 is 0 Å². The molecule has 0 saturated heterocycles. The van der Waals surface area contributed by atoms with E-state index in [-0.39, 0.29) is 6.04 Å². The van der Waals surface area contributed by atoms with Gasteiger partial charge in [0.05, 0.1) is 12.6 Å². The highest BCUT2D eigenvalue weighted by Gasteiger charge is 2.23. The van der Waals surface area contributed by atoms with Crippen LogP contribution in [-0.2, 0) is 6.42 Å². The first-order valence-corrected chi connectivity index (χ1v) is 7.20. The van der Waals surface area contributed by atoms with Gasteiger partial charge in [-0.1, -0.05) is 36.4 Å². The molecule has 0 fully saturated rings. The zero-order chi connectivity index (χ0) is 14.1. The van der Waals surface area contributed by atoms with Crippen LogP contribution >= 0.6 is 0 Å². The summed E-state index contributed by atoms with van der Waals surface area (Å²) in [5.41, 5.74) is 6.58. The molecule has 0 saturated carbocycles. The maximum absolute atomic E-state index is 5.86. The maximum atomic E-state index is 5.86. The largest absolute Gasteiger partial charge is 0.493 e. The Labute approximate surface area is 120 Å². The third-order valence-corrected chi connectivity index (χ3v) is 4.30. The first kappa shape index (κ1) is 13.2. The van der Waals surface area contributed by atoms with E-state index < -0.39 is 0 Å². The highest BCUT2D eigenvalue weighted by atomic mass is 16.5. The van der Waals surface area contributed by atoms with Crippen molar-refractivity contribution in [2.45, 2.75) is 26.3 Å². The number of para-hydroxylation sites is 1. The van der Waals surface area contributed by atoms with Crippen LogP contribution in [0.5, 0.6) is 5.75 Å². The molecule has 0 aromatic heterocycles. The predicted octanol–water partition coefficient (Wildman–Crippen LogP) is 3.55. The van der Waals surface area contributed by atoms with Crippen molar-refractivity contribution >= 4 is 0 Å². The second-order valence-electron chi connectivity index (χ2n) is 5.44. The molecule has 0 amide bonds. The lowest BCUT2D eigenvalue weighted by Crippen LogP contribution is -2.19. The van der Waals surface area contributed by atoms with Gasteiger partial charge >= 0.3 is 0 Å². The van der Waals surface area contributed by atoms with E-state index in [2.05, 4.69) is 55.6 Å². The van der Waals surface area contributed by atoms with Crippen molar-refractivity contribution in [1.29, 1.82) is 0 Å². The molecule has 0 bridgehead atoms. The quantitative estimate of drug-likeness (QED) is 0.918. The van der Waals surface area contributed by atoms with Crippen LogP contribution < -0.4 is 10.1 Å². The Kier molecular flexibility index (Phi) is 3.49. The van der Waals surface area contributed by atoms with Gasteiger partial charge in [0, 0.05) is 12.0 Å². The van der Waals surface area contributed by atoms with E-state index in [9.17, 15) is 0 Å². The highest BCUT2D eigenvalue weighted by Crippen LogP contribution is 2.37. The Morgan fingerprint density at radius 2 is 1.80 bits per heavy atom. The standard InChI is InChI=1S/C18H21NO/c1-12-6-4-8-15(13(12)2)17(19-3)16-9-5-7-14-10-11-20-18(14)16/h4-9,17,19H,10-11H2,1-3H3. The van der Waals surface area contributed by atoms with Crippen molar-refractivity contribution in [2.24, 2.45) is 0 Å². The number of ether oxygens (including phenoxy) is 1. The molecule has 1 aliphatic heterocycles. The molecule has 3 rings (SSSR count). The predicted molar refractivity (Wildman–Crippen MR) is 82.5 cm³/mol. The fourth-order valence-corrected chi connectivity index (χ4v) is 3.03. The van der Waals surface area contributed by atoms with Crippen molar-refractivity contribution in [3.63, 3.8) is 0 Å². The molecule has 0 aliphatic carbocycles. The number of hydrogen-bond acceptors (Lipinski definition) is 2. The second kappa shape index (κ2) is 5.29. The van der Waals surface area contributed by atoms with Crippen LogP contribution in [0.3, 0.4) is 0 Å². The summed E-state index contributed by atoms with van der Waals surface area (Å²) in [4.78, 5) is 0. The van der Waals surface area contributed by atoms with Crippen LogP contribution in [0, 0.1) is 13.8 Å². The number of fused-ring (bicyclic) bond motifs is 1. The monoisotopic (exact) mass is 267 g/mol. The zero-order valence-corrected chi connectivity index (χ0v) is 12.4. The third kappa shape index (κ3) is 2.10. The number of hydrogen-bond donors (Lipinski definition) is 1. The zero-order valence-electron chi connectivity index (χ0n) is 12.4. The summed E-state index contributed by atoms with van der Waals surface area (Å²) < 4.78 is 5.86. The topological polar surface area (TPSA) is 21.3 Å². The molecule has 2 nitrogen and oxygen atoms in total. The van der Waals surface area contributed by atoms with Crippen molar-refractivity contribution in [2.75, 3.05) is 13.7 Å². The summed E-state index contributed by atoms with van der Waals surface area (Å²) in [6, 6.07) is 13.2. The van der Waals surface area contributed by atoms with Gasteiger partial charge in [-0.15, -0.1) is 0 Å². The maximum Gasteiger partial charge on any atom is 0.127 e. The minimum atomic E-state index is 0.183. The number of aryl methyl sites for hydroxylation is 1. The molecule has 1 N–H and O–H groups in total. The molecule has 1 aliphatic rings. The van der Waals surface area contributed by atoms with E-state index in [1.165, 1.54) is 27.8 Å². The molecule has 2 aromatic rings. The molecule has 1 unspecified atom stereocenters. The fraction of sp³-hybridized carbons (Fsp3) is 0.333. The van der Waals surface area contributed by atoms with E-state index in [0.29, 0.717) is 0 Å². The normalized spacial score (nSPS) is 14.8. The van der Waals surface area contributed by atoms with Crippen LogP contribution in [0.1, 0.15) is 33.9 Å². The molecule has 0 spiro atoms. The van der Waals surface area contributed by atoms with Gasteiger partial charge in [0.1, 0.15) is 5.75 Å². The van der Waals surface area contributed by atoms with Crippen LogP contribution in [0.15, 0.2) is 36.4 Å². The fourth-order valence-electron chi connectivity index (χ4n) is 3.03. The number of nitrogens with one attached hydrogen (secondary N) is 1. The SMILES string of the molecule is CNC(c1cccc(C)c1C)c1cccc2c1OCC2. The van der Waals surface area contributed by atoms with Gasteiger partial charge in [-0.2, -0.15) is 0 Å². The molecular formula is C18H21NO. The summed E-state index contributed by atoms with van der Waals surface area (Å²) in [7, 11) is 2.01. The van der Waals surface area contributed by atoms with Gasteiger partial charge in [0.15, 0.2) is 0 Å². The molecule has 104 valence electrons. The van der Waals surface area contributed by atoms with E-state index in [1.54, 1.807) is 0 Å². The number of rotatable bonds is 3. The van der Waals surface area contributed by atoms with Gasteiger partial charge in [-0.05, 0) is 43.1 Å². The molecular weight excluding hydrogens is 246 g/mol. The van der Waals surface area contributed by atoms with Crippen molar-refractivity contribution in [3.05, 3.63) is 64.2 Å². The van der Waals surface area contributed by atoms with Crippen molar-refractivity contribution in [1.82, 2.24) is 5.32 Å². The van der Waals surface area contributed by atoms with Crippen LogP contribution in [-0.4, -0.2) is 13.7 Å². The van der Waals surface area contributed by atoms with E-state index in [1.807, 2.05) is 7.05 Å². The lowest BCUT2D eigenvalue weighted by Gasteiger charge is -2.22. The van der Waals surface area contributed by atoms with Crippen molar-refractivity contribution in [3.8, 4) is 5.75 Å². The summed E-state index contributed by atoms with van der Waals surface area (Å²) >= 11 is 0. The molecule has 0 radical (unpaired) electrons. The Bertz CT molecular complexity index is 633. The van der Waals surface area contributed by atoms with Crippen LogP contribution in [0.25, 0.3) is 0 Å². The van der Waals surface area contributed by atoms with Gasteiger partial charge in [-0.3, -0.25) is 0 Å². The molecule has 1 heterocycles. The van der Waals surface area contributed by atoms with Gasteiger partial charge in [-0.25, -0.2) is 0 Å². The minimum absolute atomic E-state index is 0.183. The smallest absolute Gasteiger partial charge is 0.127 e. The lowest BCUT2D eigenvalue weighted by molar-refractivity contribution is 0.351. The molecule has 2 heteroatoms. The number of benzene rings is 2. The average Bonchev–Trinajstić information content (AvgIpc) is 2.93. The lowest BCUT2D eigenvalue weighted by atomic mass is 9.91. The average molecular weight is 267 g/mol. The molecule has 1 atom stereocenters. The highest BCUT2D eigenvalue weighted by molar-refractivity contribution is 5.50.